The second kappa shape index (κ2) is 4.00. The van der Waals surface area contributed by atoms with Crippen LogP contribution in [0.25, 0.3) is 0 Å². The molecule has 0 heteroatoms. The first-order valence-corrected chi connectivity index (χ1v) is 8.47. The first kappa shape index (κ1) is 12.0. The van der Waals surface area contributed by atoms with Gasteiger partial charge in [0.25, 0.3) is 0 Å². The number of rotatable bonds is 0. The minimum Gasteiger partial charge on any atom is -0.0620 e. The summed E-state index contributed by atoms with van der Waals surface area (Å²) in [6, 6.07) is 18.7. The lowest BCUT2D eigenvalue weighted by Crippen LogP contribution is -2.42. The summed E-state index contributed by atoms with van der Waals surface area (Å²) in [5, 5.41) is 0. The molecule has 0 nitrogen and oxygen atoms in total. The Balaban J connectivity index is 1.85. The van der Waals surface area contributed by atoms with Crippen LogP contribution in [0.5, 0.6) is 0 Å². The van der Waals surface area contributed by atoms with Crippen molar-refractivity contribution >= 4 is 0 Å². The van der Waals surface area contributed by atoms with E-state index in [1.807, 2.05) is 0 Å². The van der Waals surface area contributed by atoms with Crippen LogP contribution in [-0.4, -0.2) is 0 Å². The van der Waals surface area contributed by atoms with E-state index >= 15 is 0 Å². The lowest BCUT2D eigenvalue weighted by molar-refractivity contribution is 0.217. The lowest BCUT2D eigenvalue weighted by atomic mass is 9.50. The molecule has 5 rings (SSSR count). The van der Waals surface area contributed by atoms with Gasteiger partial charge in [-0.3, -0.25) is 0 Å². The van der Waals surface area contributed by atoms with Gasteiger partial charge in [0.05, 0.1) is 0 Å². The van der Waals surface area contributed by atoms with Crippen LogP contribution in [0.2, 0.25) is 0 Å². The van der Waals surface area contributed by atoms with Gasteiger partial charge in [-0.2, -0.15) is 0 Å². The van der Waals surface area contributed by atoms with Gasteiger partial charge >= 0.3 is 0 Å². The molecular weight excluding hydrogens is 252 g/mol. The minimum atomic E-state index is 0.342. The molecule has 0 saturated heterocycles. The zero-order valence-electron chi connectivity index (χ0n) is 12.7. The summed E-state index contributed by atoms with van der Waals surface area (Å²) in [5.74, 6) is 2.22. The van der Waals surface area contributed by atoms with Crippen LogP contribution in [0.3, 0.4) is 0 Å². The molecule has 21 heavy (non-hydrogen) atoms. The van der Waals surface area contributed by atoms with E-state index in [4.69, 9.17) is 0 Å². The van der Waals surface area contributed by atoms with Crippen LogP contribution < -0.4 is 0 Å². The Morgan fingerprint density at radius 2 is 1.43 bits per heavy atom. The minimum absolute atomic E-state index is 0.342. The van der Waals surface area contributed by atoms with Crippen molar-refractivity contribution in [2.24, 2.45) is 0 Å². The Hall–Kier alpha value is -1.56. The summed E-state index contributed by atoms with van der Waals surface area (Å²) in [6.45, 7) is 2.54. The maximum Gasteiger partial charge on any atom is -0.000350 e. The monoisotopic (exact) mass is 274 g/mol. The Morgan fingerprint density at radius 1 is 0.762 bits per heavy atom. The fraction of sp³-hybridized carbons (Fsp3) is 0.429. The van der Waals surface area contributed by atoms with Crippen LogP contribution in [0.15, 0.2) is 48.5 Å². The van der Waals surface area contributed by atoms with Gasteiger partial charge in [-0.1, -0.05) is 55.5 Å². The summed E-state index contributed by atoms with van der Waals surface area (Å²) in [6.07, 6.45) is 5.51. The molecule has 0 N–H and O–H groups in total. The van der Waals surface area contributed by atoms with Crippen molar-refractivity contribution in [1.29, 1.82) is 0 Å². The summed E-state index contributed by atoms with van der Waals surface area (Å²) in [5.41, 5.74) is 6.99. The van der Waals surface area contributed by atoms with Crippen molar-refractivity contribution in [3.63, 3.8) is 0 Å². The van der Waals surface area contributed by atoms with Gasteiger partial charge in [0.2, 0.25) is 0 Å². The van der Waals surface area contributed by atoms with E-state index in [1.165, 1.54) is 25.7 Å². The third-order valence-electron chi connectivity index (χ3n) is 6.74. The van der Waals surface area contributed by atoms with Gasteiger partial charge in [0, 0.05) is 0 Å². The van der Waals surface area contributed by atoms with Gasteiger partial charge in [-0.15, -0.1) is 0 Å². The predicted octanol–water partition coefficient (Wildman–Crippen LogP) is 5.50. The molecule has 0 amide bonds. The molecule has 0 radical (unpaired) electrons. The van der Waals surface area contributed by atoms with E-state index in [0.29, 0.717) is 11.3 Å². The molecule has 3 aliphatic carbocycles. The van der Waals surface area contributed by atoms with E-state index < -0.39 is 0 Å². The number of benzene rings is 2. The highest BCUT2D eigenvalue weighted by Gasteiger charge is 2.50. The third-order valence-corrected chi connectivity index (χ3v) is 6.74. The zero-order valence-corrected chi connectivity index (χ0v) is 12.7. The molecule has 0 aliphatic heterocycles. The smallest absolute Gasteiger partial charge is 0.000350 e. The number of fused-ring (bicyclic) bond motifs is 2. The molecule has 2 aromatic carbocycles. The Morgan fingerprint density at radius 3 is 2.29 bits per heavy atom. The van der Waals surface area contributed by atoms with Gasteiger partial charge < -0.3 is 0 Å². The molecule has 0 fully saturated rings. The molecule has 0 spiro atoms. The third kappa shape index (κ3) is 1.41. The average Bonchev–Trinajstić information content (AvgIpc) is 2.52. The molecule has 3 aliphatic rings. The van der Waals surface area contributed by atoms with Crippen molar-refractivity contribution in [1.82, 2.24) is 0 Å². The highest BCUT2D eigenvalue weighted by Crippen LogP contribution is 2.62. The summed E-state index contributed by atoms with van der Waals surface area (Å²) >= 11 is 0. The summed E-state index contributed by atoms with van der Waals surface area (Å²) in [7, 11) is 0. The summed E-state index contributed by atoms with van der Waals surface area (Å²) < 4.78 is 0. The van der Waals surface area contributed by atoms with E-state index in [0.717, 1.165) is 11.8 Å². The standard InChI is InChI=1S/C21H22/c1-21-13-12-16(18-8-4-5-9-19(18)21)15-10-11-20(21)17-7-3-2-6-14(15)17/h2-9,15-16,20H,10-13H2,1H3. The fourth-order valence-electron chi connectivity index (χ4n) is 5.77. The van der Waals surface area contributed by atoms with Crippen molar-refractivity contribution in [2.45, 2.75) is 55.8 Å². The Labute approximate surface area is 127 Å². The zero-order chi connectivity index (χ0) is 14.0. The quantitative estimate of drug-likeness (QED) is 0.595. The fourth-order valence-corrected chi connectivity index (χ4v) is 5.77. The molecule has 4 bridgehead atoms. The van der Waals surface area contributed by atoms with Gasteiger partial charge in [0.15, 0.2) is 0 Å². The number of hydrogen-bond donors (Lipinski definition) is 0. The molecule has 4 atom stereocenters. The topological polar surface area (TPSA) is 0 Å². The predicted molar refractivity (Wildman–Crippen MR) is 86.9 cm³/mol. The van der Waals surface area contributed by atoms with Crippen LogP contribution in [0, 0.1) is 0 Å². The van der Waals surface area contributed by atoms with Crippen molar-refractivity contribution < 1.29 is 0 Å². The number of hydrogen-bond acceptors (Lipinski definition) is 0. The van der Waals surface area contributed by atoms with Gasteiger partial charge in [0.1, 0.15) is 0 Å². The molecular formula is C21H22. The first-order valence-electron chi connectivity index (χ1n) is 8.47. The molecule has 0 heterocycles. The maximum atomic E-state index is 2.54. The van der Waals surface area contributed by atoms with Crippen molar-refractivity contribution in [2.75, 3.05) is 0 Å². The normalized spacial score (nSPS) is 35.8. The van der Waals surface area contributed by atoms with Gasteiger partial charge in [-0.05, 0) is 71.1 Å². The van der Waals surface area contributed by atoms with E-state index in [9.17, 15) is 0 Å². The maximum absolute atomic E-state index is 2.54. The summed E-state index contributed by atoms with van der Waals surface area (Å²) in [4.78, 5) is 0. The SMILES string of the molecule is CC12CCC(c3ccccc31)C1CCC2c2ccccc21. The molecule has 4 unspecified atom stereocenters. The molecule has 106 valence electrons. The van der Waals surface area contributed by atoms with Crippen LogP contribution in [-0.2, 0) is 5.41 Å². The highest BCUT2D eigenvalue weighted by molar-refractivity contribution is 5.51. The van der Waals surface area contributed by atoms with E-state index in [2.05, 4.69) is 55.5 Å². The molecule has 0 aromatic heterocycles. The van der Waals surface area contributed by atoms with Crippen molar-refractivity contribution in [3.05, 3.63) is 70.8 Å². The second-order valence-corrected chi connectivity index (χ2v) is 7.52. The second-order valence-electron chi connectivity index (χ2n) is 7.52. The Bertz CT molecular complexity index is 713. The first-order chi connectivity index (χ1) is 10.3. The van der Waals surface area contributed by atoms with Crippen LogP contribution in [0.1, 0.15) is 72.6 Å². The van der Waals surface area contributed by atoms with Crippen LogP contribution >= 0.6 is 0 Å². The average molecular weight is 274 g/mol. The highest BCUT2D eigenvalue weighted by atomic mass is 14.5. The molecule has 2 aromatic rings. The largest absolute Gasteiger partial charge is 0.0620 e. The van der Waals surface area contributed by atoms with Crippen LogP contribution in [0.4, 0.5) is 0 Å². The van der Waals surface area contributed by atoms with Crippen molar-refractivity contribution in [3.8, 4) is 0 Å². The lowest BCUT2D eigenvalue weighted by Gasteiger charge is -2.53. The molecule has 0 saturated carbocycles. The van der Waals surface area contributed by atoms with Gasteiger partial charge in [-0.25, -0.2) is 0 Å². The van der Waals surface area contributed by atoms with E-state index in [1.54, 1.807) is 22.3 Å². The van der Waals surface area contributed by atoms with E-state index in [-0.39, 0.29) is 0 Å². The Kier molecular flexibility index (Phi) is 2.29.